The molecule has 0 saturated carbocycles. The Kier molecular flexibility index (Phi) is 4.12. The number of benzene rings is 2. The minimum absolute atomic E-state index is 0.192. The van der Waals surface area contributed by atoms with E-state index in [0.717, 1.165) is 26.5 Å². The minimum atomic E-state index is -0.314. The van der Waals surface area contributed by atoms with E-state index in [9.17, 15) is 4.79 Å². The molecule has 4 nitrogen and oxygen atoms in total. The Balaban J connectivity index is 1.41. The summed E-state index contributed by atoms with van der Waals surface area (Å²) >= 11 is 7.54. The van der Waals surface area contributed by atoms with Gasteiger partial charge in [0.15, 0.2) is 0 Å². The zero-order valence-electron chi connectivity index (χ0n) is 12.7. The van der Waals surface area contributed by atoms with Gasteiger partial charge in [-0.2, -0.15) is 0 Å². The van der Waals surface area contributed by atoms with Crippen molar-refractivity contribution < 1.29 is 14.3 Å². The quantitative estimate of drug-likeness (QED) is 0.656. The number of ether oxygens (including phenoxy) is 2. The van der Waals surface area contributed by atoms with Crippen LogP contribution < -0.4 is 4.74 Å². The molecule has 24 heavy (non-hydrogen) atoms. The van der Waals surface area contributed by atoms with Crippen LogP contribution in [0.3, 0.4) is 0 Å². The summed E-state index contributed by atoms with van der Waals surface area (Å²) in [5.41, 5.74) is 1.87. The van der Waals surface area contributed by atoms with Crippen molar-refractivity contribution in [2.45, 2.75) is 13.0 Å². The number of carbonyl (C=O) groups is 1. The summed E-state index contributed by atoms with van der Waals surface area (Å²) in [5, 5.41) is 1.44. The molecule has 0 aliphatic carbocycles. The molecule has 4 rings (SSSR count). The second kappa shape index (κ2) is 6.42. The highest BCUT2D eigenvalue weighted by molar-refractivity contribution is 7.18. The SMILES string of the molecule is O=C(OCc1nc2ccccc2s1)C1COc2ccc(Cl)cc2C1. The first kappa shape index (κ1) is 15.4. The zero-order valence-corrected chi connectivity index (χ0v) is 14.3. The number of thiazole rings is 1. The molecule has 1 atom stereocenters. The van der Waals surface area contributed by atoms with E-state index in [-0.39, 0.29) is 18.5 Å². The Morgan fingerprint density at radius 2 is 2.21 bits per heavy atom. The number of fused-ring (bicyclic) bond motifs is 2. The average Bonchev–Trinajstić information content (AvgIpc) is 3.02. The third kappa shape index (κ3) is 3.09. The topological polar surface area (TPSA) is 48.4 Å². The van der Waals surface area contributed by atoms with E-state index in [2.05, 4.69) is 4.98 Å². The lowest BCUT2D eigenvalue weighted by Gasteiger charge is -2.24. The van der Waals surface area contributed by atoms with Crippen LogP contribution in [0.25, 0.3) is 10.2 Å². The number of nitrogens with zero attached hydrogens (tertiary/aromatic N) is 1. The lowest BCUT2D eigenvalue weighted by molar-refractivity contribution is -0.151. The maximum atomic E-state index is 12.3. The molecule has 1 aromatic heterocycles. The minimum Gasteiger partial charge on any atom is -0.492 e. The zero-order chi connectivity index (χ0) is 16.5. The second-order valence-corrected chi connectivity index (χ2v) is 7.20. The monoisotopic (exact) mass is 359 g/mol. The van der Waals surface area contributed by atoms with Crippen molar-refractivity contribution in [1.29, 1.82) is 0 Å². The molecule has 0 N–H and O–H groups in total. The van der Waals surface area contributed by atoms with Gasteiger partial charge in [0.1, 0.15) is 24.0 Å². The predicted molar refractivity (Wildman–Crippen MR) is 93.6 cm³/mol. The van der Waals surface area contributed by atoms with Crippen LogP contribution in [0.1, 0.15) is 10.6 Å². The molecular formula is C18H14ClNO3S. The first-order chi connectivity index (χ1) is 11.7. The van der Waals surface area contributed by atoms with Gasteiger partial charge in [0, 0.05) is 5.02 Å². The molecule has 0 bridgehead atoms. The van der Waals surface area contributed by atoms with Crippen LogP contribution >= 0.6 is 22.9 Å². The van der Waals surface area contributed by atoms with Crippen LogP contribution in [0, 0.1) is 5.92 Å². The highest BCUT2D eigenvalue weighted by Gasteiger charge is 2.27. The Morgan fingerprint density at radius 3 is 3.08 bits per heavy atom. The lowest BCUT2D eigenvalue weighted by Crippen LogP contribution is -2.29. The van der Waals surface area contributed by atoms with E-state index in [1.807, 2.05) is 36.4 Å². The molecule has 1 unspecified atom stereocenters. The predicted octanol–water partition coefficient (Wildman–Crippen LogP) is 4.24. The first-order valence-electron chi connectivity index (χ1n) is 7.61. The average molecular weight is 360 g/mol. The van der Waals surface area contributed by atoms with Crippen molar-refractivity contribution in [1.82, 2.24) is 4.98 Å². The van der Waals surface area contributed by atoms with Crippen LogP contribution in [0.2, 0.25) is 5.02 Å². The van der Waals surface area contributed by atoms with Gasteiger partial charge in [-0.05, 0) is 42.3 Å². The Morgan fingerprint density at radius 1 is 1.33 bits per heavy atom. The largest absolute Gasteiger partial charge is 0.492 e. The molecule has 3 aromatic rings. The smallest absolute Gasteiger partial charge is 0.313 e. The Bertz CT molecular complexity index is 875. The van der Waals surface area contributed by atoms with Gasteiger partial charge in [0.05, 0.1) is 16.1 Å². The van der Waals surface area contributed by atoms with Gasteiger partial charge in [-0.1, -0.05) is 23.7 Å². The van der Waals surface area contributed by atoms with E-state index in [4.69, 9.17) is 21.1 Å². The maximum Gasteiger partial charge on any atom is 0.313 e. The van der Waals surface area contributed by atoms with Crippen molar-refractivity contribution in [2.75, 3.05) is 6.61 Å². The summed E-state index contributed by atoms with van der Waals surface area (Å²) in [5.74, 6) is 0.208. The Hall–Kier alpha value is -2.11. The van der Waals surface area contributed by atoms with Crippen molar-refractivity contribution >= 4 is 39.1 Å². The van der Waals surface area contributed by atoms with E-state index in [1.165, 1.54) is 11.3 Å². The van der Waals surface area contributed by atoms with Crippen molar-refractivity contribution in [2.24, 2.45) is 5.92 Å². The van der Waals surface area contributed by atoms with E-state index in [1.54, 1.807) is 6.07 Å². The summed E-state index contributed by atoms with van der Waals surface area (Å²) in [6.45, 7) is 0.518. The molecule has 2 aromatic carbocycles. The molecule has 2 heterocycles. The molecule has 6 heteroatoms. The molecule has 1 aliphatic rings. The highest BCUT2D eigenvalue weighted by Crippen LogP contribution is 2.30. The normalized spacial score (nSPS) is 16.5. The number of rotatable bonds is 3. The number of para-hydroxylation sites is 1. The van der Waals surface area contributed by atoms with Crippen molar-refractivity contribution in [3.63, 3.8) is 0 Å². The number of halogens is 1. The fourth-order valence-electron chi connectivity index (χ4n) is 2.75. The van der Waals surface area contributed by atoms with Gasteiger partial charge in [0.25, 0.3) is 0 Å². The third-order valence-electron chi connectivity index (χ3n) is 3.94. The van der Waals surface area contributed by atoms with Crippen LogP contribution in [0.5, 0.6) is 5.75 Å². The molecule has 1 aliphatic heterocycles. The fraction of sp³-hybridized carbons (Fsp3) is 0.222. The van der Waals surface area contributed by atoms with Gasteiger partial charge >= 0.3 is 5.97 Å². The Labute approximate surface area is 148 Å². The number of carbonyl (C=O) groups excluding carboxylic acids is 1. The molecule has 0 amide bonds. The van der Waals surface area contributed by atoms with Gasteiger partial charge in [0.2, 0.25) is 0 Å². The number of hydrogen-bond donors (Lipinski definition) is 0. The number of aromatic nitrogens is 1. The van der Waals surface area contributed by atoms with Gasteiger partial charge in [-0.25, -0.2) is 4.98 Å². The summed E-state index contributed by atoms with van der Waals surface area (Å²) in [7, 11) is 0. The maximum absolute atomic E-state index is 12.3. The highest BCUT2D eigenvalue weighted by atomic mass is 35.5. The molecular weight excluding hydrogens is 346 g/mol. The van der Waals surface area contributed by atoms with Crippen molar-refractivity contribution in [3.8, 4) is 5.75 Å². The summed E-state index contributed by atoms with van der Waals surface area (Å²) in [6.07, 6.45) is 0.578. The van der Waals surface area contributed by atoms with E-state index < -0.39 is 0 Å². The number of esters is 1. The third-order valence-corrected chi connectivity index (χ3v) is 5.18. The van der Waals surface area contributed by atoms with E-state index in [0.29, 0.717) is 18.1 Å². The van der Waals surface area contributed by atoms with E-state index >= 15 is 0 Å². The standard InChI is InChI=1S/C18H14ClNO3S/c19-13-5-6-15-11(8-13)7-12(9-22-15)18(21)23-10-17-20-14-3-1-2-4-16(14)24-17/h1-6,8,12H,7,9-10H2. The van der Waals surface area contributed by atoms with Crippen LogP contribution in [-0.4, -0.2) is 17.6 Å². The summed E-state index contributed by atoms with van der Waals surface area (Å²) in [4.78, 5) is 16.8. The first-order valence-corrected chi connectivity index (χ1v) is 8.81. The van der Waals surface area contributed by atoms with Crippen LogP contribution in [0.4, 0.5) is 0 Å². The van der Waals surface area contributed by atoms with Gasteiger partial charge < -0.3 is 9.47 Å². The number of hydrogen-bond acceptors (Lipinski definition) is 5. The van der Waals surface area contributed by atoms with Gasteiger partial charge in [-0.3, -0.25) is 4.79 Å². The molecule has 122 valence electrons. The molecule has 0 saturated heterocycles. The second-order valence-electron chi connectivity index (χ2n) is 5.65. The van der Waals surface area contributed by atoms with Crippen molar-refractivity contribution in [3.05, 3.63) is 58.1 Å². The van der Waals surface area contributed by atoms with Gasteiger partial charge in [-0.15, -0.1) is 11.3 Å². The van der Waals surface area contributed by atoms with Crippen LogP contribution in [0.15, 0.2) is 42.5 Å². The lowest BCUT2D eigenvalue weighted by atomic mass is 9.97. The molecule has 0 fully saturated rings. The molecule has 0 spiro atoms. The molecule has 0 radical (unpaired) electrons. The van der Waals surface area contributed by atoms with Crippen LogP contribution in [-0.2, 0) is 22.6 Å². The summed E-state index contributed by atoms with van der Waals surface area (Å²) < 4.78 is 12.2. The summed E-state index contributed by atoms with van der Waals surface area (Å²) in [6, 6.07) is 13.3. The fourth-order valence-corrected chi connectivity index (χ4v) is 3.82.